The van der Waals surface area contributed by atoms with Gasteiger partial charge in [0.2, 0.25) is 0 Å². The van der Waals surface area contributed by atoms with E-state index < -0.39 is 29.8 Å². The summed E-state index contributed by atoms with van der Waals surface area (Å²) in [6, 6.07) is -0.841. The molecule has 0 spiro atoms. The summed E-state index contributed by atoms with van der Waals surface area (Å²) in [5.41, 5.74) is 5.36. The second-order valence-electron chi connectivity index (χ2n) is 3.40. The Kier molecular flexibility index (Phi) is 2.85. The summed E-state index contributed by atoms with van der Waals surface area (Å²) in [5, 5.41) is 17.4. The van der Waals surface area contributed by atoms with Crippen LogP contribution in [0.1, 0.15) is 12.8 Å². The van der Waals surface area contributed by atoms with Crippen LogP contribution in [0, 0.1) is 11.8 Å². The van der Waals surface area contributed by atoms with Gasteiger partial charge in [-0.2, -0.15) is 0 Å². The van der Waals surface area contributed by atoms with Gasteiger partial charge < -0.3 is 15.9 Å². The first-order valence-corrected chi connectivity index (χ1v) is 4.17. The van der Waals surface area contributed by atoms with Crippen molar-refractivity contribution in [2.45, 2.75) is 18.9 Å². The van der Waals surface area contributed by atoms with E-state index in [0.717, 1.165) is 0 Å². The number of ketones is 1. The Balaban J connectivity index is 2.85. The third-order valence-corrected chi connectivity index (χ3v) is 2.46. The summed E-state index contributed by atoms with van der Waals surface area (Å²) in [4.78, 5) is 32.5. The van der Waals surface area contributed by atoms with Crippen molar-refractivity contribution in [3.05, 3.63) is 0 Å². The lowest BCUT2D eigenvalue weighted by atomic mass is 9.76. The minimum absolute atomic E-state index is 0.0921. The van der Waals surface area contributed by atoms with Crippen LogP contribution in [0.5, 0.6) is 0 Å². The molecule has 6 nitrogen and oxygen atoms in total. The summed E-state index contributed by atoms with van der Waals surface area (Å²) in [6.45, 7) is 0. The molecule has 14 heavy (non-hydrogen) atoms. The van der Waals surface area contributed by atoms with E-state index in [9.17, 15) is 14.4 Å². The van der Waals surface area contributed by atoms with Gasteiger partial charge in [0.1, 0.15) is 5.78 Å². The molecule has 1 aliphatic carbocycles. The molecule has 3 atom stereocenters. The Bertz CT molecular complexity index is 287. The van der Waals surface area contributed by atoms with Crippen LogP contribution in [0.3, 0.4) is 0 Å². The monoisotopic (exact) mass is 201 g/mol. The lowest BCUT2D eigenvalue weighted by Gasteiger charge is -2.28. The summed E-state index contributed by atoms with van der Waals surface area (Å²) in [5.74, 6) is -5.03. The number of rotatable bonds is 2. The molecule has 1 saturated carbocycles. The predicted molar refractivity (Wildman–Crippen MR) is 44.5 cm³/mol. The average Bonchev–Trinajstić information content (AvgIpc) is 2.08. The van der Waals surface area contributed by atoms with Crippen molar-refractivity contribution < 1.29 is 24.6 Å². The fourth-order valence-electron chi connectivity index (χ4n) is 1.61. The highest BCUT2D eigenvalue weighted by atomic mass is 16.4. The molecule has 1 rings (SSSR count). The Hall–Kier alpha value is -1.43. The fourth-order valence-corrected chi connectivity index (χ4v) is 1.61. The number of carboxylic acids is 2. The van der Waals surface area contributed by atoms with Crippen LogP contribution < -0.4 is 5.73 Å². The maximum Gasteiger partial charge on any atom is 0.307 e. The van der Waals surface area contributed by atoms with Gasteiger partial charge in [-0.3, -0.25) is 14.4 Å². The zero-order chi connectivity index (χ0) is 10.9. The molecular weight excluding hydrogens is 190 g/mol. The summed E-state index contributed by atoms with van der Waals surface area (Å²) < 4.78 is 0. The molecule has 0 aromatic heterocycles. The van der Waals surface area contributed by atoms with E-state index in [4.69, 9.17) is 15.9 Å². The molecular formula is C8H11NO5. The zero-order valence-corrected chi connectivity index (χ0v) is 7.34. The van der Waals surface area contributed by atoms with Crippen molar-refractivity contribution in [1.82, 2.24) is 0 Å². The van der Waals surface area contributed by atoms with Gasteiger partial charge in [0.15, 0.2) is 0 Å². The number of carbonyl (C=O) groups is 3. The molecule has 0 amide bonds. The van der Waals surface area contributed by atoms with Gasteiger partial charge in [-0.15, -0.1) is 0 Å². The molecule has 0 aromatic carbocycles. The van der Waals surface area contributed by atoms with E-state index in [2.05, 4.69) is 0 Å². The molecule has 1 aliphatic rings. The normalized spacial score (nSPS) is 32.6. The lowest BCUT2D eigenvalue weighted by Crippen LogP contribution is -2.46. The van der Waals surface area contributed by atoms with Crippen LogP contribution >= 0.6 is 0 Å². The molecule has 0 heterocycles. The first-order chi connectivity index (χ1) is 6.43. The van der Waals surface area contributed by atoms with Crippen LogP contribution in [-0.4, -0.2) is 34.0 Å². The zero-order valence-electron chi connectivity index (χ0n) is 7.34. The van der Waals surface area contributed by atoms with Crippen molar-refractivity contribution >= 4 is 17.7 Å². The van der Waals surface area contributed by atoms with Crippen LogP contribution in [0.4, 0.5) is 0 Å². The molecule has 0 bridgehead atoms. The lowest BCUT2D eigenvalue weighted by molar-refractivity contribution is -0.157. The van der Waals surface area contributed by atoms with Gasteiger partial charge >= 0.3 is 11.9 Å². The highest BCUT2D eigenvalue weighted by Gasteiger charge is 2.42. The van der Waals surface area contributed by atoms with Crippen molar-refractivity contribution in [2.24, 2.45) is 17.6 Å². The number of aliphatic carboxylic acids is 2. The number of carbonyl (C=O) groups excluding carboxylic acids is 1. The van der Waals surface area contributed by atoms with Crippen molar-refractivity contribution in [3.8, 4) is 0 Å². The molecule has 0 aromatic rings. The number of carboxylic acid groups (broad SMARTS) is 2. The second kappa shape index (κ2) is 3.75. The molecule has 3 unspecified atom stereocenters. The average molecular weight is 201 g/mol. The van der Waals surface area contributed by atoms with E-state index in [-0.39, 0.29) is 18.6 Å². The molecule has 0 radical (unpaired) electrons. The Labute approximate surface area is 79.7 Å². The Morgan fingerprint density at radius 1 is 1.21 bits per heavy atom. The molecule has 0 saturated heterocycles. The van der Waals surface area contributed by atoms with Gasteiger partial charge in [-0.05, 0) is 6.42 Å². The number of Topliss-reactive ketones (excluding diaryl/α,β-unsaturated/α-hetero) is 1. The highest BCUT2D eigenvalue weighted by Crippen LogP contribution is 2.27. The van der Waals surface area contributed by atoms with Gasteiger partial charge in [-0.25, -0.2) is 0 Å². The number of hydrogen-bond acceptors (Lipinski definition) is 4. The van der Waals surface area contributed by atoms with Gasteiger partial charge in [0.25, 0.3) is 0 Å². The standard InChI is InChI=1S/C8H11NO5/c9-5-1-3(7(11)12)4(8(13)14)2-6(5)10/h3-5H,1-2,9H2,(H,11,12)(H,13,14). The van der Waals surface area contributed by atoms with Gasteiger partial charge in [0, 0.05) is 6.42 Å². The van der Waals surface area contributed by atoms with E-state index in [0.29, 0.717) is 0 Å². The minimum atomic E-state index is -1.25. The van der Waals surface area contributed by atoms with Gasteiger partial charge in [0.05, 0.1) is 17.9 Å². The molecule has 4 N–H and O–H groups in total. The maximum absolute atomic E-state index is 11.1. The third-order valence-electron chi connectivity index (χ3n) is 2.46. The number of nitrogens with two attached hydrogens (primary N) is 1. The predicted octanol–water partition coefficient (Wildman–Crippen LogP) is -0.922. The van der Waals surface area contributed by atoms with Crippen LogP contribution in [0.2, 0.25) is 0 Å². The topological polar surface area (TPSA) is 118 Å². The summed E-state index contributed by atoms with van der Waals surface area (Å²) in [7, 11) is 0. The third kappa shape index (κ3) is 1.90. The molecule has 1 fully saturated rings. The fraction of sp³-hybridized carbons (Fsp3) is 0.625. The first kappa shape index (κ1) is 10.6. The minimum Gasteiger partial charge on any atom is -0.481 e. The highest BCUT2D eigenvalue weighted by molar-refractivity contribution is 5.92. The Morgan fingerprint density at radius 2 is 1.71 bits per heavy atom. The first-order valence-electron chi connectivity index (χ1n) is 4.17. The van der Waals surface area contributed by atoms with Gasteiger partial charge in [-0.1, -0.05) is 0 Å². The Morgan fingerprint density at radius 3 is 2.14 bits per heavy atom. The molecule has 0 aliphatic heterocycles. The van der Waals surface area contributed by atoms with Crippen molar-refractivity contribution in [1.29, 1.82) is 0 Å². The smallest absolute Gasteiger partial charge is 0.307 e. The second-order valence-corrected chi connectivity index (χ2v) is 3.40. The van der Waals surface area contributed by atoms with Crippen LogP contribution in [0.25, 0.3) is 0 Å². The maximum atomic E-state index is 11.1. The van der Waals surface area contributed by atoms with E-state index >= 15 is 0 Å². The quantitative estimate of drug-likeness (QED) is 0.531. The summed E-state index contributed by atoms with van der Waals surface area (Å²) >= 11 is 0. The van der Waals surface area contributed by atoms with E-state index in [1.165, 1.54) is 0 Å². The van der Waals surface area contributed by atoms with Crippen molar-refractivity contribution in [2.75, 3.05) is 0 Å². The molecule has 6 heteroatoms. The largest absolute Gasteiger partial charge is 0.481 e. The van der Waals surface area contributed by atoms with E-state index in [1.54, 1.807) is 0 Å². The van der Waals surface area contributed by atoms with Crippen LogP contribution in [-0.2, 0) is 14.4 Å². The van der Waals surface area contributed by atoms with E-state index in [1.807, 2.05) is 0 Å². The van der Waals surface area contributed by atoms with Crippen LogP contribution in [0.15, 0.2) is 0 Å². The number of hydrogen-bond donors (Lipinski definition) is 3. The summed E-state index contributed by atoms with van der Waals surface area (Å²) in [6.07, 6.45) is -0.376. The van der Waals surface area contributed by atoms with Crippen molar-refractivity contribution in [3.63, 3.8) is 0 Å². The molecule has 78 valence electrons. The SMILES string of the molecule is NC1CC(C(=O)O)C(C(=O)O)CC1=O.